The zero-order valence-corrected chi connectivity index (χ0v) is 11.4. The summed E-state index contributed by atoms with van der Waals surface area (Å²) in [5.41, 5.74) is 0.767. The number of rotatable bonds is 8. The maximum atomic E-state index is 9.40. The largest absolute Gasteiger partial charge is 0.490 e. The fourth-order valence-electron chi connectivity index (χ4n) is 1.35. The molecule has 0 aliphatic carbocycles. The van der Waals surface area contributed by atoms with Gasteiger partial charge in [-0.1, -0.05) is 17.7 Å². The molecule has 1 rings (SSSR count). The molecule has 1 aromatic carbocycles. The van der Waals surface area contributed by atoms with Gasteiger partial charge in [-0.05, 0) is 24.6 Å². The Labute approximate surface area is 112 Å². The predicted octanol–water partition coefficient (Wildman–Crippen LogP) is 2.44. The third-order valence-electron chi connectivity index (χ3n) is 2.36. The van der Waals surface area contributed by atoms with Crippen molar-refractivity contribution in [2.24, 2.45) is 0 Å². The van der Waals surface area contributed by atoms with Crippen molar-refractivity contribution in [2.45, 2.75) is 13.0 Å². The second-order valence-electron chi connectivity index (χ2n) is 3.82. The monoisotopic (exact) mass is 274 g/mol. The smallest absolute Gasteiger partial charge is 0.138 e. The molecule has 0 radical (unpaired) electrons. The molecule has 0 saturated carbocycles. The van der Waals surface area contributed by atoms with Gasteiger partial charge in [0.1, 0.15) is 12.4 Å². The van der Waals surface area contributed by atoms with Crippen molar-refractivity contribution in [1.29, 1.82) is 0 Å². The highest BCUT2D eigenvalue weighted by molar-refractivity contribution is 6.32. The minimum Gasteiger partial charge on any atom is -0.490 e. The molecule has 18 heavy (non-hydrogen) atoms. The van der Waals surface area contributed by atoms with E-state index in [9.17, 15) is 5.11 Å². The van der Waals surface area contributed by atoms with E-state index in [1.807, 2.05) is 0 Å². The van der Waals surface area contributed by atoms with Crippen molar-refractivity contribution < 1.29 is 19.3 Å². The molecule has 0 aromatic heterocycles. The van der Waals surface area contributed by atoms with Crippen LogP contribution in [-0.4, -0.2) is 38.6 Å². The third-order valence-corrected chi connectivity index (χ3v) is 2.65. The first-order chi connectivity index (χ1) is 8.65. The van der Waals surface area contributed by atoms with Crippen LogP contribution < -0.4 is 4.74 Å². The molecule has 0 spiro atoms. The van der Waals surface area contributed by atoms with Gasteiger partial charge in [-0.25, -0.2) is 0 Å². The number of ether oxygens (including phenoxy) is 3. The number of benzene rings is 1. The molecule has 0 unspecified atom stereocenters. The molecule has 0 fully saturated rings. The van der Waals surface area contributed by atoms with Crippen molar-refractivity contribution in [1.82, 2.24) is 0 Å². The normalized spacial score (nSPS) is 12.4. The first kappa shape index (κ1) is 15.2. The van der Waals surface area contributed by atoms with Gasteiger partial charge in [0.25, 0.3) is 0 Å². The van der Waals surface area contributed by atoms with Gasteiger partial charge in [-0.15, -0.1) is 0 Å². The quantitative estimate of drug-likeness (QED) is 0.740. The van der Waals surface area contributed by atoms with Crippen LogP contribution in [0.2, 0.25) is 5.02 Å². The molecule has 4 nitrogen and oxygen atoms in total. The Balaban J connectivity index is 2.34. The molecular formula is C13H19ClO4. The molecule has 0 amide bonds. The zero-order valence-electron chi connectivity index (χ0n) is 10.7. The molecule has 102 valence electrons. The van der Waals surface area contributed by atoms with Crippen LogP contribution in [0.1, 0.15) is 18.6 Å². The summed E-state index contributed by atoms with van der Waals surface area (Å²) in [5.74, 6) is 0.594. The predicted molar refractivity (Wildman–Crippen MR) is 70.3 cm³/mol. The number of aliphatic hydroxyl groups excluding tert-OH is 1. The summed E-state index contributed by atoms with van der Waals surface area (Å²) in [6, 6.07) is 5.24. The maximum Gasteiger partial charge on any atom is 0.138 e. The number of halogens is 1. The topological polar surface area (TPSA) is 47.9 Å². The molecule has 0 saturated heterocycles. The first-order valence-electron chi connectivity index (χ1n) is 5.82. The fraction of sp³-hybridized carbons (Fsp3) is 0.538. The van der Waals surface area contributed by atoms with Gasteiger partial charge in [0, 0.05) is 7.11 Å². The number of hydrogen-bond donors (Lipinski definition) is 1. The Bertz CT molecular complexity index is 355. The van der Waals surface area contributed by atoms with Crippen LogP contribution >= 0.6 is 11.6 Å². The van der Waals surface area contributed by atoms with Crippen LogP contribution in [0, 0.1) is 0 Å². The molecule has 1 aromatic rings. The Morgan fingerprint density at radius 1 is 1.22 bits per heavy atom. The number of aliphatic hydroxyl groups is 1. The van der Waals surface area contributed by atoms with Crippen LogP contribution in [0.15, 0.2) is 18.2 Å². The average Bonchev–Trinajstić information content (AvgIpc) is 2.35. The molecular weight excluding hydrogens is 256 g/mol. The second-order valence-corrected chi connectivity index (χ2v) is 4.23. The van der Waals surface area contributed by atoms with E-state index in [0.29, 0.717) is 37.2 Å². The summed E-state index contributed by atoms with van der Waals surface area (Å²) in [6.45, 7) is 3.73. The van der Waals surface area contributed by atoms with Crippen molar-refractivity contribution in [3.8, 4) is 5.75 Å². The standard InChI is InChI=1S/C13H19ClO4/c1-10(15)11-3-4-13(12(14)9-11)18-8-7-17-6-5-16-2/h3-4,9-10,15H,5-8H2,1-2H3/t10-/m1/s1. The van der Waals surface area contributed by atoms with Gasteiger partial charge in [-0.3, -0.25) is 0 Å². The Kier molecular flexibility index (Phi) is 7.05. The van der Waals surface area contributed by atoms with E-state index in [0.717, 1.165) is 5.56 Å². The molecule has 0 bridgehead atoms. The summed E-state index contributed by atoms with van der Waals surface area (Å²) in [4.78, 5) is 0. The van der Waals surface area contributed by atoms with Gasteiger partial charge < -0.3 is 19.3 Å². The molecule has 5 heteroatoms. The van der Waals surface area contributed by atoms with Gasteiger partial charge in [0.05, 0.1) is 30.9 Å². The molecule has 1 N–H and O–H groups in total. The molecule has 0 aliphatic heterocycles. The zero-order chi connectivity index (χ0) is 13.4. The Morgan fingerprint density at radius 2 is 1.94 bits per heavy atom. The first-order valence-corrected chi connectivity index (χ1v) is 6.20. The second kappa shape index (κ2) is 8.32. The lowest BCUT2D eigenvalue weighted by atomic mass is 10.1. The van der Waals surface area contributed by atoms with Gasteiger partial charge in [-0.2, -0.15) is 0 Å². The van der Waals surface area contributed by atoms with Crippen molar-refractivity contribution in [3.05, 3.63) is 28.8 Å². The van der Waals surface area contributed by atoms with E-state index in [-0.39, 0.29) is 0 Å². The van der Waals surface area contributed by atoms with E-state index < -0.39 is 6.10 Å². The Hall–Kier alpha value is -0.810. The van der Waals surface area contributed by atoms with E-state index in [2.05, 4.69) is 0 Å². The van der Waals surface area contributed by atoms with E-state index >= 15 is 0 Å². The van der Waals surface area contributed by atoms with E-state index in [4.69, 9.17) is 25.8 Å². The minimum absolute atomic E-state index is 0.428. The highest BCUT2D eigenvalue weighted by Gasteiger charge is 2.06. The van der Waals surface area contributed by atoms with E-state index in [1.54, 1.807) is 32.2 Å². The lowest BCUT2D eigenvalue weighted by Gasteiger charge is -2.11. The highest BCUT2D eigenvalue weighted by Crippen LogP contribution is 2.27. The molecule has 0 aliphatic rings. The van der Waals surface area contributed by atoms with Crippen molar-refractivity contribution in [2.75, 3.05) is 33.5 Å². The summed E-state index contributed by atoms with van der Waals surface area (Å²) in [7, 11) is 1.63. The van der Waals surface area contributed by atoms with Crippen LogP contribution in [0.5, 0.6) is 5.75 Å². The van der Waals surface area contributed by atoms with Crippen LogP contribution in [0.4, 0.5) is 0 Å². The van der Waals surface area contributed by atoms with Crippen molar-refractivity contribution >= 4 is 11.6 Å². The lowest BCUT2D eigenvalue weighted by molar-refractivity contribution is 0.0544. The summed E-state index contributed by atoms with van der Waals surface area (Å²) in [5, 5.41) is 9.90. The van der Waals surface area contributed by atoms with Crippen molar-refractivity contribution in [3.63, 3.8) is 0 Å². The SMILES string of the molecule is COCCOCCOc1ccc([C@@H](C)O)cc1Cl. The number of hydrogen-bond acceptors (Lipinski definition) is 4. The van der Waals surface area contributed by atoms with Crippen LogP contribution in [0.3, 0.4) is 0 Å². The third kappa shape index (κ3) is 5.23. The van der Waals surface area contributed by atoms with Gasteiger partial charge >= 0.3 is 0 Å². The van der Waals surface area contributed by atoms with Crippen LogP contribution in [0.25, 0.3) is 0 Å². The van der Waals surface area contributed by atoms with Gasteiger partial charge in [0.2, 0.25) is 0 Å². The summed E-state index contributed by atoms with van der Waals surface area (Å²) < 4.78 is 15.6. The van der Waals surface area contributed by atoms with Gasteiger partial charge in [0.15, 0.2) is 0 Å². The lowest BCUT2D eigenvalue weighted by Crippen LogP contribution is -2.10. The molecule has 0 heterocycles. The fourth-order valence-corrected chi connectivity index (χ4v) is 1.59. The minimum atomic E-state index is -0.533. The molecule has 1 atom stereocenters. The highest BCUT2D eigenvalue weighted by atomic mass is 35.5. The summed E-state index contributed by atoms with van der Waals surface area (Å²) >= 11 is 6.04. The van der Waals surface area contributed by atoms with E-state index in [1.165, 1.54) is 0 Å². The summed E-state index contributed by atoms with van der Waals surface area (Å²) in [6.07, 6.45) is -0.533. The average molecular weight is 275 g/mol. The maximum absolute atomic E-state index is 9.40. The number of methoxy groups -OCH3 is 1. The Morgan fingerprint density at radius 3 is 2.56 bits per heavy atom. The van der Waals surface area contributed by atoms with Crippen LogP contribution in [-0.2, 0) is 9.47 Å².